The molecule has 1 aliphatic heterocycles. The lowest BCUT2D eigenvalue weighted by atomic mass is 10.1. The van der Waals surface area contributed by atoms with E-state index in [2.05, 4.69) is 35.8 Å². The van der Waals surface area contributed by atoms with Crippen LogP contribution in [0.5, 0.6) is 5.75 Å². The first kappa shape index (κ1) is 62.7. The minimum absolute atomic E-state index is 0.147. The number of aromatic nitrogens is 4. The number of rotatable bonds is 31. The van der Waals surface area contributed by atoms with Gasteiger partial charge in [0.2, 0.25) is 10.0 Å². The van der Waals surface area contributed by atoms with E-state index in [1.54, 1.807) is 25.2 Å². The summed E-state index contributed by atoms with van der Waals surface area (Å²) in [6.45, 7) is 13.1. The number of nitrogens with one attached hydrogen (secondary N) is 1. The van der Waals surface area contributed by atoms with Crippen LogP contribution in [0.15, 0.2) is 27.9 Å². The van der Waals surface area contributed by atoms with Gasteiger partial charge >= 0.3 is 17.9 Å². The first-order valence-corrected chi connectivity index (χ1v) is 27.6. The maximum absolute atomic E-state index is 13.3. The van der Waals surface area contributed by atoms with Gasteiger partial charge < -0.3 is 29.9 Å². The van der Waals surface area contributed by atoms with Gasteiger partial charge in [0.1, 0.15) is 17.1 Å². The van der Waals surface area contributed by atoms with E-state index in [0.29, 0.717) is 80.8 Å². The highest BCUT2D eigenvalue weighted by molar-refractivity contribution is 7.89. The molecule has 0 aliphatic carbocycles. The molecular weight excluding hydrogens is 901 g/mol. The Morgan fingerprint density at radius 3 is 1.48 bits per heavy atom. The van der Waals surface area contributed by atoms with E-state index in [0.717, 1.165) is 50.6 Å². The van der Waals surface area contributed by atoms with Crippen molar-refractivity contribution in [2.45, 2.75) is 206 Å². The second-order valence-corrected chi connectivity index (χ2v) is 20.0. The van der Waals surface area contributed by atoms with Crippen molar-refractivity contribution in [1.82, 2.24) is 29.0 Å². The molecule has 17 heteroatoms. The van der Waals surface area contributed by atoms with E-state index < -0.39 is 27.9 Å². The number of sulfonamides is 1. The van der Waals surface area contributed by atoms with Crippen molar-refractivity contribution in [2.75, 3.05) is 39.8 Å². The lowest BCUT2D eigenvalue weighted by Crippen LogP contribution is -2.47. The Labute approximate surface area is 414 Å². The van der Waals surface area contributed by atoms with Crippen LogP contribution in [0.1, 0.15) is 201 Å². The topological polar surface area (TPSA) is 225 Å². The zero-order chi connectivity index (χ0) is 51.5. The van der Waals surface area contributed by atoms with Gasteiger partial charge in [-0.2, -0.15) is 9.40 Å². The van der Waals surface area contributed by atoms with E-state index in [4.69, 9.17) is 25.0 Å². The maximum atomic E-state index is 13.3. The van der Waals surface area contributed by atoms with Gasteiger partial charge in [-0.25, -0.2) is 13.4 Å². The summed E-state index contributed by atoms with van der Waals surface area (Å²) in [6.07, 6.45) is 27.5. The van der Waals surface area contributed by atoms with Gasteiger partial charge in [0.25, 0.3) is 5.56 Å². The highest BCUT2D eigenvalue weighted by Crippen LogP contribution is 2.32. The van der Waals surface area contributed by atoms with Gasteiger partial charge in [-0.15, -0.1) is 0 Å². The number of piperazine rings is 1. The quantitative estimate of drug-likeness (QED) is 0.0441. The van der Waals surface area contributed by atoms with Crippen LogP contribution < -0.4 is 10.3 Å². The van der Waals surface area contributed by atoms with Crippen LogP contribution in [-0.2, 0) is 37.9 Å². The Balaban J connectivity index is 0.000000545. The average Bonchev–Trinajstić information content (AvgIpc) is 3.63. The second kappa shape index (κ2) is 37.5. The summed E-state index contributed by atoms with van der Waals surface area (Å²) in [6, 6.07) is 4.71. The van der Waals surface area contributed by atoms with Gasteiger partial charge in [-0.3, -0.25) is 23.9 Å². The highest BCUT2D eigenvalue weighted by atomic mass is 32.2. The molecule has 0 saturated carbocycles. The summed E-state index contributed by atoms with van der Waals surface area (Å²) in [7, 11) is -0.00831. The standard InChI is InChI=1S/C22H30N6O4S.3C10H20O2/c1-5-7-17-19-20(27(4)25-17)22(29)24-21(23-19)16-14-15(8-9-18(16)32-6-2)33(30,31)28-12-10-26(3)11-13-28;3*1-2-3-4-5-6-7-8-9-10(11)12/h8-9,14H,5-7,10-13H2,1-4H3,(H,23,24,29);3*2-9H2,1H3,(H,11,12). The normalized spacial score (nSPS) is 12.9. The van der Waals surface area contributed by atoms with E-state index >= 15 is 0 Å². The molecule has 0 unspecified atom stereocenters. The predicted molar refractivity (Wildman–Crippen MR) is 277 cm³/mol. The van der Waals surface area contributed by atoms with Crippen LogP contribution in [0.25, 0.3) is 22.4 Å². The third-order valence-corrected chi connectivity index (χ3v) is 13.7. The fourth-order valence-corrected chi connectivity index (χ4v) is 9.24. The molecule has 3 heterocycles. The van der Waals surface area contributed by atoms with Gasteiger partial charge in [0.05, 0.1) is 22.8 Å². The van der Waals surface area contributed by atoms with E-state index in [1.165, 1.54) is 105 Å². The minimum atomic E-state index is -3.70. The molecule has 1 aliphatic rings. The lowest BCUT2D eigenvalue weighted by Gasteiger charge is -2.31. The number of fused-ring (bicyclic) bond motifs is 1. The fourth-order valence-electron chi connectivity index (χ4n) is 7.79. The van der Waals surface area contributed by atoms with Crippen LogP contribution in [0.2, 0.25) is 0 Å². The zero-order valence-electron chi connectivity index (χ0n) is 43.5. The summed E-state index contributed by atoms with van der Waals surface area (Å²) in [4.78, 5) is 53.1. The molecule has 69 heavy (non-hydrogen) atoms. The molecule has 16 nitrogen and oxygen atoms in total. The van der Waals surface area contributed by atoms with Crippen molar-refractivity contribution in [3.05, 3.63) is 34.2 Å². The SMILES string of the molecule is CCCCCCCCCC(=O)O.CCCCCCCCCC(=O)O.CCCCCCCCCC(=O)O.CCCc1nn(C)c2c(=O)[nH]c(-c3cc(S(=O)(=O)N4CCN(C)CC4)ccc3OCC)nc12. The Kier molecular flexibility index (Phi) is 34.0. The number of aryl methyl sites for hydroxylation is 2. The third kappa shape index (κ3) is 26.4. The second-order valence-electron chi connectivity index (χ2n) is 18.0. The average molecular weight is 991 g/mol. The fraction of sp³-hybridized carbons (Fsp3) is 0.731. The smallest absolute Gasteiger partial charge is 0.303 e. The molecule has 0 spiro atoms. The summed E-state index contributed by atoms with van der Waals surface area (Å²) in [5, 5.41) is 29.5. The number of carboxylic acid groups (broad SMARTS) is 3. The number of hydrogen-bond donors (Lipinski definition) is 4. The van der Waals surface area contributed by atoms with Crippen molar-refractivity contribution in [3.8, 4) is 17.1 Å². The van der Waals surface area contributed by atoms with Crippen LogP contribution in [0.3, 0.4) is 0 Å². The third-order valence-electron chi connectivity index (χ3n) is 11.8. The molecule has 394 valence electrons. The molecule has 0 radical (unpaired) electrons. The number of carboxylic acids is 3. The van der Waals surface area contributed by atoms with Crippen molar-refractivity contribution >= 4 is 39.0 Å². The van der Waals surface area contributed by atoms with Crippen LogP contribution >= 0.6 is 0 Å². The molecule has 2 aromatic heterocycles. The van der Waals surface area contributed by atoms with E-state index in [-0.39, 0.29) is 16.3 Å². The largest absolute Gasteiger partial charge is 0.493 e. The molecule has 0 amide bonds. The number of aliphatic carboxylic acids is 3. The number of nitrogens with zero attached hydrogens (tertiary/aromatic N) is 5. The molecule has 1 aromatic carbocycles. The van der Waals surface area contributed by atoms with E-state index in [1.807, 2.05) is 20.9 Å². The number of hydrogen-bond acceptors (Lipinski definition) is 10. The maximum Gasteiger partial charge on any atom is 0.303 e. The number of ether oxygens (including phenoxy) is 1. The number of unbranched alkanes of at least 4 members (excludes halogenated alkanes) is 18. The number of benzene rings is 1. The summed E-state index contributed by atoms with van der Waals surface area (Å²) < 4.78 is 35.4. The molecule has 1 saturated heterocycles. The highest BCUT2D eigenvalue weighted by Gasteiger charge is 2.29. The van der Waals surface area contributed by atoms with Crippen molar-refractivity contribution in [2.24, 2.45) is 7.05 Å². The number of aromatic amines is 1. The summed E-state index contributed by atoms with van der Waals surface area (Å²) >= 11 is 0. The lowest BCUT2D eigenvalue weighted by molar-refractivity contribution is -0.138. The molecule has 4 rings (SSSR count). The molecule has 3 aromatic rings. The Morgan fingerprint density at radius 2 is 1.07 bits per heavy atom. The molecule has 0 atom stereocenters. The molecule has 0 bridgehead atoms. The van der Waals surface area contributed by atoms with Gasteiger partial charge in [0.15, 0.2) is 5.52 Å². The van der Waals surface area contributed by atoms with Gasteiger partial charge in [-0.1, -0.05) is 150 Å². The van der Waals surface area contributed by atoms with Crippen molar-refractivity contribution in [1.29, 1.82) is 0 Å². The van der Waals surface area contributed by atoms with Crippen LogP contribution in [-0.4, -0.2) is 110 Å². The summed E-state index contributed by atoms with van der Waals surface area (Å²) in [5.41, 5.74) is 1.75. The first-order chi connectivity index (χ1) is 33.1. The minimum Gasteiger partial charge on any atom is -0.493 e. The van der Waals surface area contributed by atoms with Crippen LogP contribution in [0, 0.1) is 0 Å². The number of H-pyrrole nitrogens is 1. The predicted octanol–water partition coefficient (Wildman–Crippen LogP) is 11.2. The van der Waals surface area contributed by atoms with Crippen LogP contribution in [0.4, 0.5) is 0 Å². The number of carbonyl (C=O) groups is 3. The first-order valence-electron chi connectivity index (χ1n) is 26.1. The molecule has 4 N–H and O–H groups in total. The molecular formula is C52H90N6O10S. The Bertz CT molecular complexity index is 1980. The number of likely N-dealkylation sites (N-methyl/N-ethyl adjacent to an activating group) is 1. The Hall–Kier alpha value is -4.35. The van der Waals surface area contributed by atoms with Gasteiger partial charge in [0, 0.05) is 52.5 Å². The van der Waals surface area contributed by atoms with Gasteiger partial charge in [-0.05, 0) is 57.9 Å². The Morgan fingerprint density at radius 1 is 0.638 bits per heavy atom. The molecule has 1 fully saturated rings. The zero-order valence-corrected chi connectivity index (χ0v) is 44.3. The van der Waals surface area contributed by atoms with Crippen molar-refractivity contribution in [3.63, 3.8) is 0 Å². The monoisotopic (exact) mass is 991 g/mol. The summed E-state index contributed by atoms with van der Waals surface area (Å²) in [5.74, 6) is -1.27. The van der Waals surface area contributed by atoms with E-state index in [9.17, 15) is 27.6 Å². The van der Waals surface area contributed by atoms with Crippen molar-refractivity contribution < 1.29 is 42.9 Å².